The first-order valence-electron chi connectivity index (χ1n) is 8.71. The Hall–Kier alpha value is -2.08. The molecule has 0 saturated carbocycles. The van der Waals surface area contributed by atoms with Crippen molar-refractivity contribution < 1.29 is 9.59 Å². The predicted octanol–water partition coefficient (Wildman–Crippen LogP) is 2.34. The Morgan fingerprint density at radius 3 is 2.88 bits per heavy atom. The zero-order valence-electron chi connectivity index (χ0n) is 14.5. The summed E-state index contributed by atoms with van der Waals surface area (Å²) in [5, 5.41) is 11.8. The van der Waals surface area contributed by atoms with Crippen molar-refractivity contribution >= 4 is 17.6 Å². The lowest BCUT2D eigenvalue weighted by atomic mass is 9.96. The number of benzene rings is 1. The molecule has 1 aromatic rings. The monoisotopic (exact) mass is 332 g/mol. The summed E-state index contributed by atoms with van der Waals surface area (Å²) in [5.74, 6) is 0.540. The van der Waals surface area contributed by atoms with Crippen LogP contribution in [0.3, 0.4) is 0 Å². The van der Waals surface area contributed by atoms with E-state index in [1.54, 1.807) is 24.3 Å². The van der Waals surface area contributed by atoms with Crippen LogP contribution in [0.1, 0.15) is 43.5 Å². The third-order valence-electron chi connectivity index (χ3n) is 4.04. The Morgan fingerprint density at radius 2 is 2.17 bits per heavy atom. The van der Waals surface area contributed by atoms with Crippen molar-refractivity contribution in [2.24, 2.45) is 5.92 Å². The van der Waals surface area contributed by atoms with Crippen molar-refractivity contribution in [2.75, 3.05) is 25.0 Å². The lowest BCUT2D eigenvalue weighted by Gasteiger charge is -2.22. The number of carbonyl (C=O) groups is 2. The van der Waals surface area contributed by atoms with Gasteiger partial charge < -0.3 is 21.3 Å². The fraction of sp³-hybridized carbons (Fsp3) is 0.556. The van der Waals surface area contributed by atoms with Gasteiger partial charge in [0, 0.05) is 23.8 Å². The summed E-state index contributed by atoms with van der Waals surface area (Å²) in [6.45, 7) is 6.61. The highest BCUT2D eigenvalue weighted by molar-refractivity contribution is 5.96. The third-order valence-corrected chi connectivity index (χ3v) is 4.04. The quantitative estimate of drug-likeness (QED) is 0.645. The maximum absolute atomic E-state index is 12.2. The molecule has 6 heteroatoms. The molecule has 1 aliphatic heterocycles. The summed E-state index contributed by atoms with van der Waals surface area (Å²) >= 11 is 0. The minimum Gasteiger partial charge on any atom is -0.352 e. The Labute approximate surface area is 143 Å². The van der Waals surface area contributed by atoms with Crippen molar-refractivity contribution in [3.8, 4) is 0 Å². The number of urea groups is 1. The molecular weight excluding hydrogens is 304 g/mol. The second kappa shape index (κ2) is 9.27. The van der Waals surface area contributed by atoms with Crippen molar-refractivity contribution in [3.05, 3.63) is 29.8 Å². The van der Waals surface area contributed by atoms with E-state index in [-0.39, 0.29) is 18.0 Å². The SMILES string of the molecule is CC(C)NC(=O)Nc1cccc(C(=O)NCCC2CCCNC2)c1. The standard InChI is InChI=1S/C18H28N4O2/c1-13(2)21-18(24)22-16-7-3-6-15(11-16)17(23)20-10-8-14-5-4-9-19-12-14/h3,6-7,11,13-14,19H,4-5,8-10,12H2,1-2H3,(H,20,23)(H2,21,22,24). The number of hydrogen-bond acceptors (Lipinski definition) is 3. The van der Waals surface area contributed by atoms with Crippen LogP contribution in [0.5, 0.6) is 0 Å². The molecule has 1 unspecified atom stereocenters. The fourth-order valence-electron chi connectivity index (χ4n) is 2.83. The Balaban J connectivity index is 1.81. The van der Waals surface area contributed by atoms with E-state index in [2.05, 4.69) is 21.3 Å². The molecule has 0 spiro atoms. The van der Waals surface area contributed by atoms with E-state index in [0.29, 0.717) is 23.7 Å². The highest BCUT2D eigenvalue weighted by Crippen LogP contribution is 2.14. The first-order chi connectivity index (χ1) is 11.5. The molecule has 24 heavy (non-hydrogen) atoms. The molecule has 0 bridgehead atoms. The van der Waals surface area contributed by atoms with Gasteiger partial charge in [0.25, 0.3) is 5.91 Å². The van der Waals surface area contributed by atoms with Gasteiger partial charge >= 0.3 is 6.03 Å². The zero-order chi connectivity index (χ0) is 17.4. The molecule has 1 fully saturated rings. The average molecular weight is 332 g/mol. The van der Waals surface area contributed by atoms with Gasteiger partial charge in [0.05, 0.1) is 0 Å². The van der Waals surface area contributed by atoms with Gasteiger partial charge in [-0.25, -0.2) is 4.79 Å². The summed E-state index contributed by atoms with van der Waals surface area (Å²) in [4.78, 5) is 24.0. The third kappa shape index (κ3) is 6.20. The van der Waals surface area contributed by atoms with Gasteiger partial charge in [0.15, 0.2) is 0 Å². The molecule has 1 heterocycles. The molecule has 3 amide bonds. The zero-order valence-corrected chi connectivity index (χ0v) is 14.5. The molecule has 1 atom stereocenters. The van der Waals surface area contributed by atoms with Crippen LogP contribution >= 0.6 is 0 Å². The van der Waals surface area contributed by atoms with Crippen LogP contribution in [-0.2, 0) is 0 Å². The molecule has 2 rings (SSSR count). The Kier molecular flexibility index (Phi) is 7.06. The van der Waals surface area contributed by atoms with E-state index in [9.17, 15) is 9.59 Å². The van der Waals surface area contributed by atoms with Crippen molar-refractivity contribution in [1.29, 1.82) is 0 Å². The number of amides is 3. The summed E-state index contributed by atoms with van der Waals surface area (Å²) in [7, 11) is 0. The second-order valence-corrected chi connectivity index (χ2v) is 6.59. The molecule has 1 saturated heterocycles. The molecule has 4 N–H and O–H groups in total. The average Bonchev–Trinajstić information content (AvgIpc) is 2.55. The number of rotatable bonds is 6. The molecule has 0 aliphatic carbocycles. The highest BCUT2D eigenvalue weighted by Gasteiger charge is 2.13. The first kappa shape index (κ1) is 18.3. The maximum Gasteiger partial charge on any atom is 0.319 e. The number of carbonyl (C=O) groups excluding carboxylic acids is 2. The summed E-state index contributed by atoms with van der Waals surface area (Å²) in [5.41, 5.74) is 1.16. The van der Waals surface area contributed by atoms with Crippen molar-refractivity contribution in [1.82, 2.24) is 16.0 Å². The van der Waals surface area contributed by atoms with Crippen LogP contribution in [0.4, 0.5) is 10.5 Å². The Bertz CT molecular complexity index is 554. The number of piperidine rings is 1. The van der Waals surface area contributed by atoms with Crippen LogP contribution in [0.25, 0.3) is 0 Å². The smallest absolute Gasteiger partial charge is 0.319 e. The first-order valence-corrected chi connectivity index (χ1v) is 8.71. The van der Waals surface area contributed by atoms with Crippen molar-refractivity contribution in [3.63, 3.8) is 0 Å². The van der Waals surface area contributed by atoms with Gasteiger partial charge in [0.1, 0.15) is 0 Å². The van der Waals surface area contributed by atoms with Gasteiger partial charge in [-0.3, -0.25) is 4.79 Å². The predicted molar refractivity (Wildman–Crippen MR) is 96.3 cm³/mol. The van der Waals surface area contributed by atoms with Gasteiger partial charge in [-0.15, -0.1) is 0 Å². The number of hydrogen-bond donors (Lipinski definition) is 4. The van der Waals surface area contributed by atoms with E-state index in [1.807, 2.05) is 13.8 Å². The molecule has 0 aromatic heterocycles. The van der Waals surface area contributed by atoms with E-state index >= 15 is 0 Å². The fourth-order valence-corrected chi connectivity index (χ4v) is 2.83. The summed E-state index contributed by atoms with van der Waals surface area (Å²) < 4.78 is 0. The summed E-state index contributed by atoms with van der Waals surface area (Å²) in [6.07, 6.45) is 3.44. The van der Waals surface area contributed by atoms with E-state index in [0.717, 1.165) is 19.5 Å². The molecular formula is C18H28N4O2. The number of anilines is 1. The van der Waals surface area contributed by atoms with Gasteiger partial charge in [-0.05, 0) is 70.3 Å². The minimum atomic E-state index is -0.271. The van der Waals surface area contributed by atoms with Crippen LogP contribution in [-0.4, -0.2) is 37.6 Å². The molecule has 1 aromatic carbocycles. The minimum absolute atomic E-state index is 0.0609. The Morgan fingerprint density at radius 1 is 1.33 bits per heavy atom. The largest absolute Gasteiger partial charge is 0.352 e. The van der Waals surface area contributed by atoms with Crippen LogP contribution in [0, 0.1) is 5.92 Å². The van der Waals surface area contributed by atoms with Gasteiger partial charge in [-0.2, -0.15) is 0 Å². The lowest BCUT2D eigenvalue weighted by molar-refractivity contribution is 0.0950. The second-order valence-electron chi connectivity index (χ2n) is 6.59. The normalized spacial score (nSPS) is 17.4. The van der Waals surface area contributed by atoms with Gasteiger partial charge in [0.2, 0.25) is 0 Å². The topological polar surface area (TPSA) is 82.3 Å². The lowest BCUT2D eigenvalue weighted by Crippen LogP contribution is -2.34. The van der Waals surface area contributed by atoms with E-state index < -0.39 is 0 Å². The molecule has 1 aliphatic rings. The van der Waals surface area contributed by atoms with Crippen LogP contribution < -0.4 is 21.3 Å². The molecule has 0 radical (unpaired) electrons. The molecule has 6 nitrogen and oxygen atoms in total. The van der Waals surface area contributed by atoms with E-state index in [1.165, 1.54) is 12.8 Å². The van der Waals surface area contributed by atoms with Crippen LogP contribution in [0.15, 0.2) is 24.3 Å². The maximum atomic E-state index is 12.2. The number of nitrogens with one attached hydrogen (secondary N) is 4. The summed E-state index contributed by atoms with van der Waals surface area (Å²) in [6, 6.07) is 6.77. The van der Waals surface area contributed by atoms with E-state index in [4.69, 9.17) is 0 Å². The van der Waals surface area contributed by atoms with Crippen molar-refractivity contribution in [2.45, 2.75) is 39.2 Å². The van der Waals surface area contributed by atoms with Crippen LogP contribution in [0.2, 0.25) is 0 Å². The highest BCUT2D eigenvalue weighted by atomic mass is 16.2. The molecule has 132 valence electrons. The van der Waals surface area contributed by atoms with Gasteiger partial charge in [-0.1, -0.05) is 6.07 Å².